The highest BCUT2D eigenvalue weighted by Gasteiger charge is 2.37. The van der Waals surface area contributed by atoms with E-state index in [2.05, 4.69) is 52.1 Å². The van der Waals surface area contributed by atoms with Crippen molar-refractivity contribution in [3.63, 3.8) is 0 Å². The number of hydrogen-bond donors (Lipinski definition) is 1. The molecule has 3 heterocycles. The van der Waals surface area contributed by atoms with Gasteiger partial charge in [-0.3, -0.25) is 4.90 Å². The SMILES string of the molecule is CCCN(C1CC2CCC(C1)N2)C(C)c1ccc(Br)s1. The van der Waals surface area contributed by atoms with Crippen LogP contribution >= 0.6 is 27.3 Å². The van der Waals surface area contributed by atoms with Crippen LogP contribution in [0, 0.1) is 0 Å². The highest BCUT2D eigenvalue weighted by Crippen LogP contribution is 2.36. The van der Waals surface area contributed by atoms with Gasteiger partial charge in [0, 0.05) is 29.0 Å². The Bertz CT molecular complexity index is 435. The molecule has 0 aromatic carbocycles. The molecular weight excluding hydrogens is 332 g/mol. The van der Waals surface area contributed by atoms with Crippen LogP contribution in [-0.4, -0.2) is 29.6 Å². The predicted octanol–water partition coefficient (Wildman–Crippen LogP) is 4.57. The molecule has 3 unspecified atom stereocenters. The highest BCUT2D eigenvalue weighted by atomic mass is 79.9. The number of halogens is 1. The standard InChI is InChI=1S/C16H25BrN2S/c1-3-8-19(11(2)15-6-7-16(17)20-15)14-9-12-4-5-13(10-14)18-12/h6-7,11-14,18H,3-5,8-10H2,1-2H3. The second-order valence-electron chi connectivity index (χ2n) is 6.32. The van der Waals surface area contributed by atoms with Gasteiger partial charge in [0.2, 0.25) is 0 Å². The molecule has 4 heteroatoms. The molecule has 0 spiro atoms. The van der Waals surface area contributed by atoms with Crippen LogP contribution in [0.3, 0.4) is 0 Å². The summed E-state index contributed by atoms with van der Waals surface area (Å²) in [5, 5.41) is 3.77. The second-order valence-corrected chi connectivity index (χ2v) is 8.81. The fourth-order valence-electron chi connectivity index (χ4n) is 3.96. The van der Waals surface area contributed by atoms with Crippen molar-refractivity contribution in [1.82, 2.24) is 10.2 Å². The van der Waals surface area contributed by atoms with E-state index in [4.69, 9.17) is 0 Å². The highest BCUT2D eigenvalue weighted by molar-refractivity contribution is 9.11. The van der Waals surface area contributed by atoms with E-state index in [1.807, 2.05) is 11.3 Å². The Morgan fingerprint density at radius 2 is 2.05 bits per heavy atom. The largest absolute Gasteiger partial charge is 0.311 e. The first-order valence-electron chi connectivity index (χ1n) is 7.94. The Morgan fingerprint density at radius 1 is 1.35 bits per heavy atom. The van der Waals surface area contributed by atoms with Crippen LogP contribution in [-0.2, 0) is 0 Å². The topological polar surface area (TPSA) is 15.3 Å². The first-order valence-corrected chi connectivity index (χ1v) is 9.55. The molecule has 2 nitrogen and oxygen atoms in total. The molecule has 3 rings (SSSR count). The molecule has 1 aromatic rings. The third kappa shape index (κ3) is 3.13. The van der Waals surface area contributed by atoms with Crippen molar-refractivity contribution in [2.75, 3.05) is 6.54 Å². The Kier molecular flexibility index (Phi) is 4.86. The summed E-state index contributed by atoms with van der Waals surface area (Å²) >= 11 is 5.49. The van der Waals surface area contributed by atoms with Crippen molar-refractivity contribution in [2.24, 2.45) is 0 Å². The maximum absolute atomic E-state index is 3.77. The lowest BCUT2D eigenvalue weighted by molar-refractivity contribution is 0.103. The van der Waals surface area contributed by atoms with Gasteiger partial charge in [-0.05, 0) is 73.6 Å². The van der Waals surface area contributed by atoms with Crippen LogP contribution in [0.15, 0.2) is 15.9 Å². The van der Waals surface area contributed by atoms with Gasteiger partial charge in [0.25, 0.3) is 0 Å². The number of nitrogens with zero attached hydrogens (tertiary/aromatic N) is 1. The molecule has 3 atom stereocenters. The first kappa shape index (κ1) is 15.0. The van der Waals surface area contributed by atoms with Crippen LogP contribution in [0.1, 0.15) is 56.9 Å². The van der Waals surface area contributed by atoms with Crippen molar-refractivity contribution in [2.45, 2.75) is 70.1 Å². The van der Waals surface area contributed by atoms with Gasteiger partial charge >= 0.3 is 0 Å². The monoisotopic (exact) mass is 356 g/mol. The van der Waals surface area contributed by atoms with Gasteiger partial charge < -0.3 is 5.32 Å². The normalized spacial score (nSPS) is 30.9. The molecule has 1 N–H and O–H groups in total. The van der Waals surface area contributed by atoms with Crippen LogP contribution in [0.25, 0.3) is 0 Å². The molecule has 112 valence electrons. The lowest BCUT2D eigenvalue weighted by Gasteiger charge is -2.41. The number of fused-ring (bicyclic) bond motifs is 2. The van der Waals surface area contributed by atoms with E-state index < -0.39 is 0 Å². The molecule has 2 fully saturated rings. The van der Waals surface area contributed by atoms with E-state index >= 15 is 0 Å². The number of rotatable bonds is 5. The molecule has 2 saturated heterocycles. The van der Waals surface area contributed by atoms with Crippen LogP contribution in [0.5, 0.6) is 0 Å². The summed E-state index contributed by atoms with van der Waals surface area (Å²) in [6.45, 7) is 5.92. The molecule has 0 saturated carbocycles. The smallest absolute Gasteiger partial charge is 0.0701 e. The molecule has 0 aliphatic carbocycles. The van der Waals surface area contributed by atoms with Crippen molar-refractivity contribution >= 4 is 27.3 Å². The van der Waals surface area contributed by atoms with Crippen LogP contribution < -0.4 is 5.32 Å². The molecule has 20 heavy (non-hydrogen) atoms. The minimum Gasteiger partial charge on any atom is -0.311 e. The van der Waals surface area contributed by atoms with E-state index in [9.17, 15) is 0 Å². The Labute approximate surface area is 135 Å². The Morgan fingerprint density at radius 3 is 2.60 bits per heavy atom. The molecule has 0 radical (unpaired) electrons. The Hall–Kier alpha value is 0.1000. The third-order valence-electron chi connectivity index (χ3n) is 4.90. The van der Waals surface area contributed by atoms with Crippen molar-refractivity contribution in [3.8, 4) is 0 Å². The fourth-order valence-corrected chi connectivity index (χ4v) is 5.46. The van der Waals surface area contributed by atoms with E-state index in [0.29, 0.717) is 6.04 Å². The van der Waals surface area contributed by atoms with Gasteiger partial charge in [0.15, 0.2) is 0 Å². The van der Waals surface area contributed by atoms with Crippen LogP contribution in [0.2, 0.25) is 0 Å². The van der Waals surface area contributed by atoms with Gasteiger partial charge in [-0.1, -0.05) is 6.92 Å². The van der Waals surface area contributed by atoms with Crippen molar-refractivity contribution in [3.05, 3.63) is 20.8 Å². The average molecular weight is 357 g/mol. The number of piperidine rings is 1. The number of nitrogens with one attached hydrogen (secondary N) is 1. The Balaban J connectivity index is 1.74. The van der Waals surface area contributed by atoms with Crippen molar-refractivity contribution in [1.29, 1.82) is 0 Å². The first-order chi connectivity index (χ1) is 9.67. The van der Waals surface area contributed by atoms with E-state index in [1.54, 1.807) is 0 Å². The summed E-state index contributed by atoms with van der Waals surface area (Å²) in [5.74, 6) is 0. The number of hydrogen-bond acceptors (Lipinski definition) is 3. The quantitative estimate of drug-likeness (QED) is 0.831. The fraction of sp³-hybridized carbons (Fsp3) is 0.750. The molecule has 1 aromatic heterocycles. The van der Waals surface area contributed by atoms with Gasteiger partial charge in [-0.25, -0.2) is 0 Å². The lowest BCUT2D eigenvalue weighted by atomic mass is 9.96. The maximum atomic E-state index is 3.77. The van der Waals surface area contributed by atoms with Gasteiger partial charge in [-0.15, -0.1) is 11.3 Å². The summed E-state index contributed by atoms with van der Waals surface area (Å²) in [6, 6.07) is 7.35. The summed E-state index contributed by atoms with van der Waals surface area (Å²) in [6.07, 6.45) is 6.71. The summed E-state index contributed by atoms with van der Waals surface area (Å²) < 4.78 is 1.25. The minimum absolute atomic E-state index is 0.550. The molecule has 2 bridgehead atoms. The van der Waals surface area contributed by atoms with E-state index in [-0.39, 0.29) is 0 Å². The minimum atomic E-state index is 0.550. The number of thiophene rings is 1. The maximum Gasteiger partial charge on any atom is 0.0701 e. The van der Waals surface area contributed by atoms with E-state index in [0.717, 1.165) is 18.1 Å². The average Bonchev–Trinajstić information content (AvgIpc) is 3.01. The van der Waals surface area contributed by atoms with Crippen LogP contribution in [0.4, 0.5) is 0 Å². The molecule has 2 aliphatic heterocycles. The molecular formula is C16H25BrN2S. The predicted molar refractivity (Wildman–Crippen MR) is 90.4 cm³/mol. The summed E-state index contributed by atoms with van der Waals surface area (Å²) in [5.41, 5.74) is 0. The summed E-state index contributed by atoms with van der Waals surface area (Å²) in [7, 11) is 0. The second kappa shape index (κ2) is 6.47. The van der Waals surface area contributed by atoms with Gasteiger partial charge in [0.1, 0.15) is 0 Å². The summed E-state index contributed by atoms with van der Waals surface area (Å²) in [4.78, 5) is 4.26. The van der Waals surface area contributed by atoms with E-state index in [1.165, 1.54) is 47.3 Å². The van der Waals surface area contributed by atoms with Gasteiger partial charge in [-0.2, -0.15) is 0 Å². The third-order valence-corrected chi connectivity index (χ3v) is 6.70. The lowest BCUT2D eigenvalue weighted by Crippen LogP contribution is -2.49. The van der Waals surface area contributed by atoms with Gasteiger partial charge in [0.05, 0.1) is 3.79 Å². The molecule has 0 amide bonds. The zero-order chi connectivity index (χ0) is 14.1. The zero-order valence-corrected chi connectivity index (χ0v) is 14.8. The van der Waals surface area contributed by atoms with Crippen molar-refractivity contribution < 1.29 is 0 Å². The zero-order valence-electron chi connectivity index (χ0n) is 12.4. The molecule has 2 aliphatic rings.